The number of ether oxygens (including phenoxy) is 1. The lowest BCUT2D eigenvalue weighted by Crippen LogP contribution is -2.41. The molecule has 1 aliphatic heterocycles. The van der Waals surface area contributed by atoms with E-state index < -0.39 is 0 Å². The van der Waals surface area contributed by atoms with Crippen molar-refractivity contribution >= 4 is 60.8 Å². The van der Waals surface area contributed by atoms with E-state index in [2.05, 4.69) is 57.4 Å². The van der Waals surface area contributed by atoms with Gasteiger partial charge in [0.15, 0.2) is 0 Å². The number of halogens is 2. The largest absolute Gasteiger partial charge is 0.468 e. The lowest BCUT2D eigenvalue weighted by atomic mass is 10.1. The van der Waals surface area contributed by atoms with E-state index in [9.17, 15) is 4.79 Å². The van der Waals surface area contributed by atoms with Gasteiger partial charge in [-0.05, 0) is 56.8 Å². The van der Waals surface area contributed by atoms with Crippen molar-refractivity contribution in [1.29, 1.82) is 0 Å². The predicted octanol–water partition coefficient (Wildman–Crippen LogP) is 3.38. The van der Waals surface area contributed by atoms with Crippen molar-refractivity contribution in [2.24, 2.45) is 0 Å². The third-order valence-corrected chi connectivity index (χ3v) is 5.85. The summed E-state index contributed by atoms with van der Waals surface area (Å²) in [4.78, 5) is 22.1. The molecule has 1 aliphatic rings. The average Bonchev–Trinajstić information content (AvgIpc) is 2.68. The summed E-state index contributed by atoms with van der Waals surface area (Å²) in [5.74, 6) is 1.25. The van der Waals surface area contributed by atoms with Crippen molar-refractivity contribution in [3.63, 3.8) is 0 Å². The summed E-state index contributed by atoms with van der Waals surface area (Å²) in [6, 6.07) is 5.97. The molecule has 0 atom stereocenters. The van der Waals surface area contributed by atoms with Gasteiger partial charge in [0.2, 0.25) is 0 Å². The molecule has 1 aromatic carbocycles. The summed E-state index contributed by atoms with van der Waals surface area (Å²) in [6.07, 6.45) is 3.39. The summed E-state index contributed by atoms with van der Waals surface area (Å²) in [5.41, 5.74) is 7.43. The normalized spacial score (nSPS) is 15.2. The number of nitrogens with one attached hydrogen (secondary N) is 2. The zero-order chi connectivity index (χ0) is 20.1. The number of carbonyl (C=O) groups is 1. The zero-order valence-corrected chi connectivity index (χ0v) is 18.6. The Hall–Kier alpha value is -1.91. The third kappa shape index (κ3) is 5.55. The lowest BCUT2D eigenvalue weighted by Gasteiger charge is -2.31. The maximum absolute atomic E-state index is 11.4. The van der Waals surface area contributed by atoms with Crippen LogP contribution in [-0.2, 0) is 9.53 Å². The molecule has 0 bridgehead atoms. The van der Waals surface area contributed by atoms with Gasteiger partial charge in [-0.15, -0.1) is 0 Å². The number of nitrogens with zero attached hydrogens (tertiary/aromatic N) is 3. The number of esters is 1. The fourth-order valence-corrected chi connectivity index (χ4v) is 4.19. The summed E-state index contributed by atoms with van der Waals surface area (Å²) < 4.78 is 6.33. The molecular formula is C18H22Br2N6O2. The molecule has 10 heteroatoms. The molecular weight excluding hydrogens is 492 g/mol. The van der Waals surface area contributed by atoms with Crippen molar-refractivity contribution in [2.75, 3.05) is 43.1 Å². The molecule has 0 aliphatic carbocycles. The van der Waals surface area contributed by atoms with Crippen LogP contribution in [0.1, 0.15) is 12.8 Å². The van der Waals surface area contributed by atoms with Crippen LogP contribution in [0.25, 0.3) is 0 Å². The number of nitrogens with two attached hydrogens (primary N) is 1. The molecule has 3 rings (SSSR count). The number of methoxy groups -OCH3 is 1. The second-order valence-electron chi connectivity index (χ2n) is 6.54. The number of nitrogen functional groups attached to an aromatic ring is 1. The maximum Gasteiger partial charge on any atom is 0.319 e. The molecule has 28 heavy (non-hydrogen) atoms. The number of carbonyl (C=O) groups excluding carboxylic acids is 1. The van der Waals surface area contributed by atoms with Crippen LogP contribution in [0.5, 0.6) is 0 Å². The first kappa shape index (κ1) is 20.8. The molecule has 0 unspecified atom stereocenters. The van der Waals surface area contributed by atoms with Crippen molar-refractivity contribution in [1.82, 2.24) is 14.9 Å². The van der Waals surface area contributed by atoms with Crippen LogP contribution in [0.2, 0.25) is 0 Å². The quantitative estimate of drug-likeness (QED) is 0.398. The molecule has 1 saturated heterocycles. The first-order valence-electron chi connectivity index (χ1n) is 8.84. The molecule has 2 heterocycles. The van der Waals surface area contributed by atoms with Gasteiger partial charge in [0.1, 0.15) is 18.0 Å². The molecule has 150 valence electrons. The van der Waals surface area contributed by atoms with E-state index in [-0.39, 0.29) is 5.97 Å². The van der Waals surface area contributed by atoms with Crippen molar-refractivity contribution in [2.45, 2.75) is 18.9 Å². The van der Waals surface area contributed by atoms with Crippen molar-refractivity contribution in [3.05, 3.63) is 33.5 Å². The van der Waals surface area contributed by atoms with Crippen LogP contribution in [0, 0.1) is 0 Å². The predicted molar refractivity (Wildman–Crippen MR) is 117 cm³/mol. The Labute approximate surface area is 180 Å². The summed E-state index contributed by atoms with van der Waals surface area (Å²) >= 11 is 6.88. The molecule has 1 aromatic heterocycles. The highest BCUT2D eigenvalue weighted by Gasteiger charge is 2.21. The van der Waals surface area contributed by atoms with E-state index in [0.29, 0.717) is 24.1 Å². The van der Waals surface area contributed by atoms with E-state index in [1.807, 2.05) is 18.2 Å². The van der Waals surface area contributed by atoms with Crippen LogP contribution in [0.3, 0.4) is 0 Å². The lowest BCUT2D eigenvalue weighted by molar-refractivity contribution is -0.142. The Morgan fingerprint density at radius 2 is 1.86 bits per heavy atom. The fourth-order valence-electron chi connectivity index (χ4n) is 3.00. The second kappa shape index (κ2) is 9.53. The van der Waals surface area contributed by atoms with Gasteiger partial charge >= 0.3 is 5.97 Å². The summed E-state index contributed by atoms with van der Waals surface area (Å²) in [7, 11) is 1.42. The Morgan fingerprint density at radius 1 is 1.21 bits per heavy atom. The number of piperidine rings is 1. The molecule has 8 nitrogen and oxygen atoms in total. The molecule has 4 N–H and O–H groups in total. The average molecular weight is 514 g/mol. The number of anilines is 4. The molecule has 0 radical (unpaired) electrons. The highest BCUT2D eigenvalue weighted by molar-refractivity contribution is 9.11. The second-order valence-corrected chi connectivity index (χ2v) is 8.25. The highest BCUT2D eigenvalue weighted by Crippen LogP contribution is 2.32. The number of likely N-dealkylation sites (tertiary alicyclic amines) is 1. The van der Waals surface area contributed by atoms with E-state index in [0.717, 1.165) is 46.4 Å². The van der Waals surface area contributed by atoms with Gasteiger partial charge < -0.3 is 21.1 Å². The van der Waals surface area contributed by atoms with E-state index >= 15 is 0 Å². The minimum Gasteiger partial charge on any atom is -0.468 e. The molecule has 0 amide bonds. The third-order valence-electron chi connectivity index (χ3n) is 4.54. The topological polar surface area (TPSA) is 105 Å². The van der Waals surface area contributed by atoms with Crippen LogP contribution in [0.4, 0.5) is 23.0 Å². The molecule has 2 aromatic rings. The van der Waals surface area contributed by atoms with Crippen molar-refractivity contribution in [3.8, 4) is 0 Å². The van der Waals surface area contributed by atoms with Gasteiger partial charge in [0.05, 0.1) is 19.3 Å². The monoisotopic (exact) mass is 512 g/mol. The van der Waals surface area contributed by atoms with Crippen LogP contribution in [0.15, 0.2) is 33.5 Å². The zero-order valence-electron chi connectivity index (χ0n) is 15.4. The minimum absolute atomic E-state index is 0.195. The van der Waals surface area contributed by atoms with Gasteiger partial charge in [-0.3, -0.25) is 9.69 Å². The summed E-state index contributed by atoms with van der Waals surface area (Å²) in [5, 5.41) is 6.71. The van der Waals surface area contributed by atoms with Gasteiger partial charge in [0, 0.05) is 39.8 Å². The fraction of sp³-hybridized carbons (Fsp3) is 0.389. The number of rotatable bonds is 6. The van der Waals surface area contributed by atoms with Crippen LogP contribution in [-0.4, -0.2) is 53.6 Å². The first-order chi connectivity index (χ1) is 13.4. The Bertz CT molecular complexity index is 820. The standard InChI is InChI=1S/C18H22Br2N6O2/c1-28-17(27)9-26-4-2-11(3-5-26)24-15-8-16(23-10-22-15)25-12-6-13(19)18(21)14(20)7-12/h6-8,10-11H,2-5,9,21H2,1H3,(H2,22,23,24,25). The Morgan fingerprint density at radius 3 is 2.50 bits per heavy atom. The smallest absolute Gasteiger partial charge is 0.319 e. The Balaban J connectivity index is 1.58. The van der Waals surface area contributed by atoms with Gasteiger partial charge in [-0.25, -0.2) is 9.97 Å². The SMILES string of the molecule is COC(=O)CN1CCC(Nc2cc(Nc3cc(Br)c(N)c(Br)c3)ncn2)CC1. The van der Waals surface area contributed by atoms with Gasteiger partial charge in [0.25, 0.3) is 0 Å². The Kier molecular flexibility index (Phi) is 7.08. The maximum atomic E-state index is 11.4. The number of benzene rings is 1. The molecule has 0 spiro atoms. The number of hydrogen-bond donors (Lipinski definition) is 3. The van der Waals surface area contributed by atoms with Crippen molar-refractivity contribution < 1.29 is 9.53 Å². The van der Waals surface area contributed by atoms with Crippen LogP contribution >= 0.6 is 31.9 Å². The van der Waals surface area contributed by atoms with Crippen LogP contribution < -0.4 is 16.4 Å². The van der Waals surface area contributed by atoms with Gasteiger partial charge in [-0.2, -0.15) is 0 Å². The number of aromatic nitrogens is 2. The number of hydrogen-bond acceptors (Lipinski definition) is 8. The molecule has 1 fully saturated rings. The van der Waals surface area contributed by atoms with E-state index in [1.165, 1.54) is 13.4 Å². The first-order valence-corrected chi connectivity index (χ1v) is 10.4. The van der Waals surface area contributed by atoms with Gasteiger partial charge in [-0.1, -0.05) is 0 Å². The molecule has 0 saturated carbocycles. The highest BCUT2D eigenvalue weighted by atomic mass is 79.9. The minimum atomic E-state index is -0.195. The summed E-state index contributed by atoms with van der Waals surface area (Å²) in [6.45, 7) is 2.03. The van der Waals surface area contributed by atoms with E-state index in [1.54, 1.807) is 0 Å². The van der Waals surface area contributed by atoms with E-state index in [4.69, 9.17) is 10.5 Å².